The summed E-state index contributed by atoms with van der Waals surface area (Å²) in [6.07, 6.45) is 1.31. The minimum absolute atomic E-state index is 0.0154. The van der Waals surface area contributed by atoms with Crippen LogP contribution >= 0.6 is 0 Å². The minimum atomic E-state index is -0.435. The summed E-state index contributed by atoms with van der Waals surface area (Å²) in [6.45, 7) is 7.66. The van der Waals surface area contributed by atoms with E-state index in [1.54, 1.807) is 23.2 Å². The normalized spacial score (nSPS) is 16.2. The van der Waals surface area contributed by atoms with Crippen molar-refractivity contribution in [3.05, 3.63) is 82.4 Å². The summed E-state index contributed by atoms with van der Waals surface area (Å²) in [5, 5.41) is 17.3. The number of non-ortho nitro benzene ring substituents is 1. The summed E-state index contributed by atoms with van der Waals surface area (Å²) in [4.78, 5) is 24.5. The van der Waals surface area contributed by atoms with Crippen LogP contribution in [0.4, 0.5) is 11.4 Å². The van der Waals surface area contributed by atoms with E-state index in [9.17, 15) is 14.9 Å². The van der Waals surface area contributed by atoms with Gasteiger partial charge in [-0.05, 0) is 36.8 Å². The van der Waals surface area contributed by atoms with Gasteiger partial charge < -0.3 is 4.90 Å². The number of Topliss-reactive ketones (excluding diaryl/α,β-unsaturated/α-hetero) is 1. The Morgan fingerprint density at radius 3 is 2.37 bits per heavy atom. The molecule has 138 valence electrons. The van der Waals surface area contributed by atoms with Gasteiger partial charge in [0, 0.05) is 25.6 Å². The number of carbonyl (C=O) groups is 1. The van der Waals surface area contributed by atoms with Crippen molar-refractivity contribution in [2.75, 3.05) is 11.6 Å². The van der Waals surface area contributed by atoms with Gasteiger partial charge in [-0.15, -0.1) is 11.7 Å². The number of amidine groups is 1. The number of carbonyl (C=O) groups excluding carboxylic acids is 1. The van der Waals surface area contributed by atoms with Crippen LogP contribution < -0.4 is 5.01 Å². The van der Waals surface area contributed by atoms with E-state index in [1.165, 1.54) is 19.1 Å². The van der Waals surface area contributed by atoms with Crippen LogP contribution in [0.15, 0.2) is 66.3 Å². The van der Waals surface area contributed by atoms with Gasteiger partial charge in [0.1, 0.15) is 0 Å². The number of benzene rings is 2. The predicted octanol–water partition coefficient (Wildman–Crippen LogP) is 3.81. The molecule has 7 nitrogen and oxygen atoms in total. The van der Waals surface area contributed by atoms with Gasteiger partial charge in [0.25, 0.3) is 5.69 Å². The number of nitro groups is 1. The van der Waals surface area contributed by atoms with E-state index in [2.05, 4.69) is 11.7 Å². The van der Waals surface area contributed by atoms with Crippen molar-refractivity contribution in [3.8, 4) is 0 Å². The van der Waals surface area contributed by atoms with Crippen LogP contribution in [0, 0.1) is 17.0 Å². The molecule has 1 aliphatic rings. The third kappa shape index (κ3) is 3.57. The van der Waals surface area contributed by atoms with Crippen molar-refractivity contribution in [2.24, 2.45) is 5.10 Å². The van der Waals surface area contributed by atoms with Crippen molar-refractivity contribution in [1.29, 1.82) is 0 Å². The molecule has 0 radical (unpaired) electrons. The fraction of sp³-hybridized carbons (Fsp3) is 0.200. The molecule has 0 aromatic heterocycles. The van der Waals surface area contributed by atoms with Crippen LogP contribution in [0.25, 0.3) is 0 Å². The van der Waals surface area contributed by atoms with Crippen LogP contribution in [-0.2, 0) is 4.79 Å². The first-order valence-electron chi connectivity index (χ1n) is 8.49. The Hall–Kier alpha value is -3.48. The summed E-state index contributed by atoms with van der Waals surface area (Å²) in [5.41, 5.74) is 2.75. The maximum absolute atomic E-state index is 12.2. The summed E-state index contributed by atoms with van der Waals surface area (Å²) < 4.78 is 0. The number of hydrazone groups is 1. The number of hydrogen-bond donors (Lipinski definition) is 0. The first-order valence-corrected chi connectivity index (χ1v) is 8.49. The molecule has 1 aliphatic heterocycles. The number of rotatable bonds is 6. The second-order valence-corrected chi connectivity index (χ2v) is 6.32. The van der Waals surface area contributed by atoms with Gasteiger partial charge in [0.05, 0.1) is 10.6 Å². The molecule has 0 amide bonds. The van der Waals surface area contributed by atoms with E-state index < -0.39 is 11.1 Å². The van der Waals surface area contributed by atoms with Crippen LogP contribution in [0.2, 0.25) is 0 Å². The minimum Gasteiger partial charge on any atom is -0.322 e. The molecular formula is C20H20N4O3. The molecule has 1 atom stereocenters. The first-order chi connectivity index (χ1) is 12.9. The zero-order chi connectivity index (χ0) is 19.6. The second-order valence-electron chi connectivity index (χ2n) is 6.32. The maximum atomic E-state index is 12.2. The second kappa shape index (κ2) is 7.41. The van der Waals surface area contributed by atoms with E-state index in [-0.39, 0.29) is 11.5 Å². The number of nitro benzene ring substituents is 1. The summed E-state index contributed by atoms with van der Waals surface area (Å²) in [5.74, 6) is 0.178. The summed E-state index contributed by atoms with van der Waals surface area (Å²) in [6, 6.07) is 14.1. The Morgan fingerprint density at radius 2 is 1.85 bits per heavy atom. The van der Waals surface area contributed by atoms with Gasteiger partial charge >= 0.3 is 0 Å². The van der Waals surface area contributed by atoms with E-state index in [1.807, 2.05) is 36.1 Å². The third-order valence-corrected chi connectivity index (χ3v) is 4.34. The Balaban J connectivity index is 2.09. The maximum Gasteiger partial charge on any atom is 0.269 e. The van der Waals surface area contributed by atoms with Gasteiger partial charge in [-0.2, -0.15) is 0 Å². The molecule has 0 saturated heterocycles. The molecule has 0 bridgehead atoms. The van der Waals surface area contributed by atoms with E-state index in [0.717, 1.165) is 16.8 Å². The van der Waals surface area contributed by atoms with E-state index in [4.69, 9.17) is 0 Å². The smallest absolute Gasteiger partial charge is 0.269 e. The Bertz CT molecular complexity index is 904. The average molecular weight is 364 g/mol. The van der Waals surface area contributed by atoms with Crippen molar-refractivity contribution < 1.29 is 9.72 Å². The van der Waals surface area contributed by atoms with Crippen LogP contribution in [0.1, 0.15) is 24.2 Å². The lowest BCUT2D eigenvalue weighted by Crippen LogP contribution is -2.37. The molecule has 2 aromatic rings. The van der Waals surface area contributed by atoms with Crippen molar-refractivity contribution in [2.45, 2.75) is 20.0 Å². The molecule has 1 unspecified atom stereocenters. The zero-order valence-electron chi connectivity index (χ0n) is 15.2. The quantitative estimate of drug-likeness (QED) is 0.442. The van der Waals surface area contributed by atoms with E-state index in [0.29, 0.717) is 12.4 Å². The molecule has 0 N–H and O–H groups in total. The largest absolute Gasteiger partial charge is 0.322 e. The average Bonchev–Trinajstić information content (AvgIpc) is 3.02. The number of anilines is 1. The highest BCUT2D eigenvalue weighted by Gasteiger charge is 2.37. The lowest BCUT2D eigenvalue weighted by atomic mass is 10.1. The molecule has 27 heavy (non-hydrogen) atoms. The molecule has 2 aromatic carbocycles. The molecule has 0 aliphatic carbocycles. The number of aryl methyl sites for hydroxylation is 1. The topological polar surface area (TPSA) is 79.0 Å². The van der Waals surface area contributed by atoms with Crippen LogP contribution in [0.3, 0.4) is 0 Å². The van der Waals surface area contributed by atoms with Gasteiger partial charge in [-0.1, -0.05) is 23.8 Å². The highest BCUT2D eigenvalue weighted by atomic mass is 16.6. The Kier molecular flexibility index (Phi) is 5.03. The molecule has 1 heterocycles. The molecular weight excluding hydrogens is 344 g/mol. The summed E-state index contributed by atoms with van der Waals surface area (Å²) >= 11 is 0. The number of ketones is 1. The van der Waals surface area contributed by atoms with Crippen molar-refractivity contribution in [1.82, 2.24) is 4.90 Å². The van der Waals surface area contributed by atoms with Gasteiger partial charge in [-0.3, -0.25) is 14.9 Å². The molecule has 7 heteroatoms. The SMILES string of the molecule is C=CCN1C(C(C)=O)=NN(c2ccc(C)cc2)C1c1ccc([N+](=O)[O-])cc1. The third-order valence-electron chi connectivity index (χ3n) is 4.34. The molecule has 3 rings (SSSR count). The number of hydrogen-bond acceptors (Lipinski definition) is 6. The van der Waals surface area contributed by atoms with Crippen LogP contribution in [-0.4, -0.2) is 28.0 Å². The molecule has 0 fully saturated rings. The predicted molar refractivity (Wildman–Crippen MR) is 105 cm³/mol. The van der Waals surface area contributed by atoms with Crippen molar-refractivity contribution >= 4 is 23.0 Å². The highest BCUT2D eigenvalue weighted by Crippen LogP contribution is 2.36. The lowest BCUT2D eigenvalue weighted by molar-refractivity contribution is -0.384. The van der Waals surface area contributed by atoms with E-state index >= 15 is 0 Å². The number of nitrogens with zero attached hydrogens (tertiary/aromatic N) is 4. The Morgan fingerprint density at radius 1 is 1.22 bits per heavy atom. The standard InChI is InChI=1S/C20H20N4O3/c1-4-13-22-19(15(3)25)21-23(17-9-5-14(2)6-10-17)20(22)16-7-11-18(12-8-16)24(26)27/h4-12,20H,1,13H2,2-3H3. The monoisotopic (exact) mass is 364 g/mol. The van der Waals surface area contributed by atoms with Gasteiger partial charge in [0.15, 0.2) is 17.8 Å². The molecule has 0 saturated carbocycles. The molecule has 0 spiro atoms. The van der Waals surface area contributed by atoms with Crippen molar-refractivity contribution in [3.63, 3.8) is 0 Å². The first kappa shape index (κ1) is 18.3. The summed E-state index contributed by atoms with van der Waals surface area (Å²) in [7, 11) is 0. The highest BCUT2D eigenvalue weighted by molar-refractivity contribution is 6.38. The zero-order valence-corrected chi connectivity index (χ0v) is 15.2. The van der Waals surface area contributed by atoms with Gasteiger partial charge in [-0.25, -0.2) is 5.01 Å². The van der Waals surface area contributed by atoms with Gasteiger partial charge in [0.2, 0.25) is 0 Å². The van der Waals surface area contributed by atoms with Crippen LogP contribution in [0.5, 0.6) is 0 Å². The fourth-order valence-electron chi connectivity index (χ4n) is 3.05. The Labute approximate surface area is 157 Å². The fourth-order valence-corrected chi connectivity index (χ4v) is 3.05. The lowest BCUT2D eigenvalue weighted by Gasteiger charge is -2.31.